The summed E-state index contributed by atoms with van der Waals surface area (Å²) >= 11 is 0. The van der Waals surface area contributed by atoms with Gasteiger partial charge in [0.25, 0.3) is 5.69 Å². The summed E-state index contributed by atoms with van der Waals surface area (Å²) < 4.78 is 5.22. The Hall–Kier alpha value is -3.15. The Morgan fingerprint density at radius 2 is 1.91 bits per heavy atom. The third-order valence-corrected chi connectivity index (χ3v) is 3.15. The Bertz CT molecular complexity index is 752. The van der Waals surface area contributed by atoms with Gasteiger partial charge in [-0.25, -0.2) is 0 Å². The van der Waals surface area contributed by atoms with Crippen molar-refractivity contribution < 1.29 is 14.5 Å². The number of methoxy groups -OCH3 is 1. The van der Waals surface area contributed by atoms with Gasteiger partial charge in [-0.2, -0.15) is 0 Å². The number of nitrogens with one attached hydrogen (secondary N) is 1. The van der Waals surface area contributed by atoms with Crippen molar-refractivity contribution in [1.29, 1.82) is 0 Å². The minimum atomic E-state index is -0.468. The molecule has 2 aromatic carbocycles. The summed E-state index contributed by atoms with van der Waals surface area (Å²) in [5.74, 6) is 0.271. The smallest absolute Gasteiger partial charge is 0.269 e. The molecule has 0 aromatic heterocycles. The second-order valence-electron chi connectivity index (χ2n) is 4.87. The first kappa shape index (κ1) is 16.2. The number of non-ortho nitro benzene ring substituents is 1. The number of nitro groups is 1. The standard InChI is InChI=1S/C17H16N2O4/c1-12-3-9-15(16(11-12)23-2)18-17(20)10-6-13-4-7-14(8-5-13)19(21)22/h3-11H,1-2H3,(H,18,20)/b10-6+. The third-order valence-electron chi connectivity index (χ3n) is 3.15. The van der Waals surface area contributed by atoms with Gasteiger partial charge in [0, 0.05) is 18.2 Å². The lowest BCUT2D eigenvalue weighted by Crippen LogP contribution is -2.08. The van der Waals surface area contributed by atoms with Gasteiger partial charge in [0.05, 0.1) is 17.7 Å². The second-order valence-corrected chi connectivity index (χ2v) is 4.87. The van der Waals surface area contributed by atoms with Crippen molar-refractivity contribution in [3.05, 3.63) is 69.8 Å². The average Bonchev–Trinajstić information content (AvgIpc) is 2.55. The quantitative estimate of drug-likeness (QED) is 0.520. The average molecular weight is 312 g/mol. The second kappa shape index (κ2) is 7.22. The van der Waals surface area contributed by atoms with E-state index in [1.807, 2.05) is 19.1 Å². The number of ether oxygens (including phenoxy) is 1. The van der Waals surface area contributed by atoms with Gasteiger partial charge in [-0.15, -0.1) is 0 Å². The fraction of sp³-hybridized carbons (Fsp3) is 0.118. The largest absolute Gasteiger partial charge is 0.495 e. The normalized spacial score (nSPS) is 10.5. The zero-order valence-corrected chi connectivity index (χ0v) is 12.8. The summed E-state index contributed by atoms with van der Waals surface area (Å²) in [5.41, 5.74) is 2.32. The van der Waals surface area contributed by atoms with Crippen molar-refractivity contribution in [2.45, 2.75) is 6.92 Å². The first-order chi connectivity index (χ1) is 11.0. The highest BCUT2D eigenvalue weighted by Crippen LogP contribution is 2.25. The van der Waals surface area contributed by atoms with Crippen LogP contribution in [0, 0.1) is 17.0 Å². The number of hydrogen-bond donors (Lipinski definition) is 1. The molecule has 6 nitrogen and oxygen atoms in total. The van der Waals surface area contributed by atoms with Crippen LogP contribution in [0.1, 0.15) is 11.1 Å². The lowest BCUT2D eigenvalue weighted by Gasteiger charge is -2.09. The fourth-order valence-electron chi connectivity index (χ4n) is 1.96. The van der Waals surface area contributed by atoms with E-state index in [2.05, 4.69) is 5.32 Å². The molecule has 2 rings (SSSR count). The lowest BCUT2D eigenvalue weighted by molar-refractivity contribution is -0.384. The molecule has 6 heteroatoms. The molecule has 118 valence electrons. The van der Waals surface area contributed by atoms with Gasteiger partial charge in [-0.3, -0.25) is 14.9 Å². The molecule has 0 aliphatic heterocycles. The van der Waals surface area contributed by atoms with E-state index in [1.54, 1.807) is 24.3 Å². The SMILES string of the molecule is COc1cc(C)ccc1NC(=O)/C=C/c1ccc([N+](=O)[O-])cc1. The van der Waals surface area contributed by atoms with Crippen LogP contribution in [0.5, 0.6) is 5.75 Å². The Morgan fingerprint density at radius 1 is 1.22 bits per heavy atom. The van der Waals surface area contributed by atoms with Gasteiger partial charge in [0.1, 0.15) is 5.75 Å². The van der Waals surface area contributed by atoms with Crippen LogP contribution in [-0.4, -0.2) is 17.9 Å². The van der Waals surface area contributed by atoms with E-state index in [4.69, 9.17) is 4.74 Å². The van der Waals surface area contributed by atoms with Crippen molar-refractivity contribution >= 4 is 23.4 Å². The van der Waals surface area contributed by atoms with E-state index in [1.165, 1.54) is 25.3 Å². The zero-order valence-electron chi connectivity index (χ0n) is 12.8. The molecule has 0 spiro atoms. The van der Waals surface area contributed by atoms with Crippen molar-refractivity contribution in [3.8, 4) is 5.75 Å². The maximum atomic E-state index is 12.0. The number of rotatable bonds is 5. The topological polar surface area (TPSA) is 81.5 Å². The first-order valence-corrected chi connectivity index (χ1v) is 6.88. The van der Waals surface area contributed by atoms with Gasteiger partial charge < -0.3 is 10.1 Å². The first-order valence-electron chi connectivity index (χ1n) is 6.88. The van der Waals surface area contributed by atoms with Crippen LogP contribution in [0.2, 0.25) is 0 Å². The van der Waals surface area contributed by atoms with Crippen molar-refractivity contribution in [3.63, 3.8) is 0 Å². The molecule has 0 unspecified atom stereocenters. The Morgan fingerprint density at radius 3 is 2.52 bits per heavy atom. The maximum Gasteiger partial charge on any atom is 0.269 e. The van der Waals surface area contributed by atoms with Crippen LogP contribution in [0.25, 0.3) is 6.08 Å². The summed E-state index contributed by atoms with van der Waals surface area (Å²) in [4.78, 5) is 22.1. The van der Waals surface area contributed by atoms with Gasteiger partial charge in [0.2, 0.25) is 5.91 Å². The fourth-order valence-corrected chi connectivity index (χ4v) is 1.96. The van der Waals surface area contributed by atoms with Crippen molar-refractivity contribution in [1.82, 2.24) is 0 Å². The van der Waals surface area contributed by atoms with Gasteiger partial charge >= 0.3 is 0 Å². The Kier molecular flexibility index (Phi) is 5.09. The number of anilines is 1. The minimum absolute atomic E-state index is 0.0102. The highest BCUT2D eigenvalue weighted by Gasteiger charge is 2.06. The molecule has 0 radical (unpaired) electrons. The number of benzene rings is 2. The van der Waals surface area contributed by atoms with Crippen molar-refractivity contribution in [2.75, 3.05) is 12.4 Å². The number of hydrogen-bond acceptors (Lipinski definition) is 4. The lowest BCUT2D eigenvalue weighted by atomic mass is 10.2. The van der Waals surface area contributed by atoms with Crippen LogP contribution in [0.4, 0.5) is 11.4 Å². The molecule has 0 bridgehead atoms. The highest BCUT2D eigenvalue weighted by molar-refractivity contribution is 6.02. The number of carbonyl (C=O) groups excluding carboxylic acids is 1. The molecule has 23 heavy (non-hydrogen) atoms. The summed E-state index contributed by atoms with van der Waals surface area (Å²) in [6.07, 6.45) is 2.94. The molecular formula is C17H16N2O4. The van der Waals surface area contributed by atoms with E-state index in [0.717, 1.165) is 5.56 Å². The van der Waals surface area contributed by atoms with E-state index in [9.17, 15) is 14.9 Å². The summed E-state index contributed by atoms with van der Waals surface area (Å²) in [5, 5.41) is 13.3. The predicted molar refractivity (Wildman–Crippen MR) is 88.5 cm³/mol. The summed E-state index contributed by atoms with van der Waals surface area (Å²) in [6, 6.07) is 11.4. The Balaban J connectivity index is 2.05. The van der Waals surface area contributed by atoms with Gasteiger partial charge in [-0.05, 0) is 48.4 Å². The van der Waals surface area contributed by atoms with Crippen LogP contribution in [0.15, 0.2) is 48.5 Å². The predicted octanol–water partition coefficient (Wildman–Crippen LogP) is 3.56. The molecule has 1 amide bonds. The minimum Gasteiger partial charge on any atom is -0.495 e. The number of nitro benzene ring substituents is 1. The van der Waals surface area contributed by atoms with Crippen LogP contribution in [-0.2, 0) is 4.79 Å². The molecular weight excluding hydrogens is 296 g/mol. The number of nitrogens with zero attached hydrogens (tertiary/aromatic N) is 1. The van der Waals surface area contributed by atoms with Crippen LogP contribution < -0.4 is 10.1 Å². The summed E-state index contributed by atoms with van der Waals surface area (Å²) in [6.45, 7) is 1.93. The van der Waals surface area contributed by atoms with Crippen LogP contribution >= 0.6 is 0 Å². The highest BCUT2D eigenvalue weighted by atomic mass is 16.6. The Labute approximate surface area is 133 Å². The number of carbonyl (C=O) groups is 1. The summed E-state index contributed by atoms with van der Waals surface area (Å²) in [7, 11) is 1.54. The van der Waals surface area contributed by atoms with Gasteiger partial charge in [-0.1, -0.05) is 6.07 Å². The van der Waals surface area contributed by atoms with E-state index >= 15 is 0 Å². The van der Waals surface area contributed by atoms with E-state index < -0.39 is 4.92 Å². The van der Waals surface area contributed by atoms with E-state index in [0.29, 0.717) is 17.0 Å². The maximum absolute atomic E-state index is 12.0. The third kappa shape index (κ3) is 4.41. The van der Waals surface area contributed by atoms with Crippen LogP contribution in [0.3, 0.4) is 0 Å². The molecule has 0 heterocycles. The molecule has 0 saturated heterocycles. The van der Waals surface area contributed by atoms with E-state index in [-0.39, 0.29) is 11.6 Å². The molecule has 0 aliphatic rings. The zero-order chi connectivity index (χ0) is 16.8. The molecule has 0 aliphatic carbocycles. The van der Waals surface area contributed by atoms with Gasteiger partial charge in [0.15, 0.2) is 0 Å². The molecule has 0 atom stereocenters. The molecule has 0 saturated carbocycles. The molecule has 0 fully saturated rings. The number of aryl methyl sites for hydroxylation is 1. The number of amides is 1. The monoisotopic (exact) mass is 312 g/mol. The molecule has 1 N–H and O–H groups in total. The van der Waals surface area contributed by atoms with Crippen molar-refractivity contribution in [2.24, 2.45) is 0 Å². The molecule has 2 aromatic rings.